The Bertz CT molecular complexity index is 531. The van der Waals surface area contributed by atoms with E-state index in [4.69, 9.17) is 16.4 Å². The molecule has 148 valence electrons. The molecular weight excluding hydrogens is 368 g/mol. The maximum atomic E-state index is 12.0. The summed E-state index contributed by atoms with van der Waals surface area (Å²) < 4.78 is 20.7. The summed E-state index contributed by atoms with van der Waals surface area (Å²) in [6.45, 7) is 5.49. The van der Waals surface area contributed by atoms with Crippen molar-refractivity contribution in [2.75, 3.05) is 13.6 Å². The van der Waals surface area contributed by atoms with Crippen molar-refractivity contribution in [2.24, 2.45) is 5.92 Å². The van der Waals surface area contributed by atoms with Crippen LogP contribution < -0.4 is 16.0 Å². The molecule has 0 aliphatic heterocycles. The highest BCUT2D eigenvalue weighted by atomic mass is 35.5. The number of hydrogen-bond donors (Lipinski definition) is 3. The lowest BCUT2D eigenvalue weighted by molar-refractivity contribution is -0.125. The molecule has 1 atom stereocenters. The van der Waals surface area contributed by atoms with Gasteiger partial charge in [-0.2, -0.15) is 0 Å². The fraction of sp³-hybridized carbons (Fsp3) is 0.471. The zero-order valence-electron chi connectivity index (χ0n) is 15.2. The maximum absolute atomic E-state index is 12.0. The maximum Gasteiger partial charge on any atom is 0.314 e. The van der Waals surface area contributed by atoms with E-state index < -0.39 is 6.43 Å². The van der Waals surface area contributed by atoms with Crippen LogP contribution in [0.3, 0.4) is 0 Å². The summed E-state index contributed by atoms with van der Waals surface area (Å²) in [6.07, 6.45) is -1.51. The van der Waals surface area contributed by atoms with E-state index in [0.29, 0.717) is 24.5 Å². The molecule has 0 fully saturated rings. The number of hydrogen-bond acceptors (Lipinski definition) is 3. The predicted molar refractivity (Wildman–Crippen MR) is 98.3 cm³/mol. The van der Waals surface area contributed by atoms with Crippen LogP contribution in [0.2, 0.25) is 5.02 Å². The van der Waals surface area contributed by atoms with Crippen molar-refractivity contribution in [1.82, 2.24) is 16.0 Å². The van der Waals surface area contributed by atoms with Gasteiger partial charge in [0.1, 0.15) is 6.79 Å². The van der Waals surface area contributed by atoms with Crippen molar-refractivity contribution in [3.05, 3.63) is 34.9 Å². The number of urea groups is 1. The van der Waals surface area contributed by atoms with Crippen molar-refractivity contribution in [3.8, 4) is 0 Å². The van der Waals surface area contributed by atoms with E-state index >= 15 is 0 Å². The van der Waals surface area contributed by atoms with Gasteiger partial charge in [0.05, 0.1) is 5.92 Å². The zero-order chi connectivity index (χ0) is 20.5. The molecule has 0 aliphatic carbocycles. The summed E-state index contributed by atoms with van der Waals surface area (Å²) in [6, 6.07) is 7.05. The summed E-state index contributed by atoms with van der Waals surface area (Å²) >= 11 is 5.88. The molecule has 1 aromatic carbocycles. The first-order valence-electron chi connectivity index (χ1n) is 7.84. The monoisotopic (exact) mass is 393 g/mol. The largest absolute Gasteiger partial charge is 0.352 e. The molecule has 3 amide bonds. The van der Waals surface area contributed by atoms with Gasteiger partial charge in [-0.05, 0) is 31.0 Å². The Hall–Kier alpha value is -2.22. The van der Waals surface area contributed by atoms with Gasteiger partial charge in [-0.25, -0.2) is 13.6 Å². The average Bonchev–Trinajstić information content (AvgIpc) is 2.61. The van der Waals surface area contributed by atoms with Gasteiger partial charge in [-0.1, -0.05) is 30.7 Å². The summed E-state index contributed by atoms with van der Waals surface area (Å²) in [7, 11) is 1.54. The first-order chi connectivity index (χ1) is 12.3. The molecule has 1 unspecified atom stereocenters. The normalized spacial score (nSPS) is 10.4. The lowest BCUT2D eigenvalue weighted by atomic mass is 10.1. The molecule has 0 radical (unpaired) electrons. The van der Waals surface area contributed by atoms with Crippen LogP contribution >= 0.6 is 11.6 Å². The minimum Gasteiger partial charge on any atom is -0.352 e. The summed E-state index contributed by atoms with van der Waals surface area (Å²) in [4.78, 5) is 31.1. The van der Waals surface area contributed by atoms with Gasteiger partial charge in [-0.15, -0.1) is 0 Å². The third kappa shape index (κ3) is 14.2. The Morgan fingerprint density at radius 2 is 1.81 bits per heavy atom. The first kappa shape index (κ1) is 26.0. The second-order valence-corrected chi connectivity index (χ2v) is 5.37. The molecule has 1 aromatic rings. The molecule has 26 heavy (non-hydrogen) atoms. The number of alkyl halides is 2. The summed E-state index contributed by atoms with van der Waals surface area (Å²) in [5.74, 6) is -0.324. The Balaban J connectivity index is 0. The Labute approximate surface area is 157 Å². The number of benzene rings is 1. The quantitative estimate of drug-likeness (QED) is 0.694. The van der Waals surface area contributed by atoms with Gasteiger partial charge in [0.15, 0.2) is 0 Å². The van der Waals surface area contributed by atoms with E-state index in [1.807, 2.05) is 31.9 Å². The summed E-state index contributed by atoms with van der Waals surface area (Å²) in [5, 5.41) is 8.58. The Kier molecular flexibility index (Phi) is 16.3. The number of amides is 3. The number of halogens is 3. The molecule has 0 saturated heterocycles. The van der Waals surface area contributed by atoms with Crippen molar-refractivity contribution >= 4 is 30.3 Å². The second-order valence-electron chi connectivity index (χ2n) is 4.93. The molecule has 9 heteroatoms. The zero-order valence-corrected chi connectivity index (χ0v) is 15.9. The molecule has 1 rings (SSSR count). The van der Waals surface area contributed by atoms with Crippen LogP contribution in [0.1, 0.15) is 25.8 Å². The van der Waals surface area contributed by atoms with Gasteiger partial charge in [-0.3, -0.25) is 4.79 Å². The van der Waals surface area contributed by atoms with Crippen LogP contribution in [0.15, 0.2) is 24.3 Å². The number of nitrogens with one attached hydrogen (secondary N) is 3. The van der Waals surface area contributed by atoms with E-state index in [2.05, 4.69) is 16.0 Å². The van der Waals surface area contributed by atoms with Crippen molar-refractivity contribution in [1.29, 1.82) is 0 Å². The number of carbonyl (C=O) groups is 3. The molecule has 0 bridgehead atoms. The molecule has 0 aliphatic rings. The van der Waals surface area contributed by atoms with Gasteiger partial charge in [0, 0.05) is 25.2 Å². The van der Waals surface area contributed by atoms with E-state index in [-0.39, 0.29) is 17.9 Å². The van der Waals surface area contributed by atoms with Crippen LogP contribution in [0.4, 0.5) is 13.6 Å². The predicted octanol–water partition coefficient (Wildman–Crippen LogP) is 3.00. The minimum absolute atomic E-state index is 0.0797. The van der Waals surface area contributed by atoms with Crippen LogP contribution in [0, 0.1) is 5.92 Å². The van der Waals surface area contributed by atoms with Gasteiger partial charge < -0.3 is 20.7 Å². The highest BCUT2D eigenvalue weighted by Crippen LogP contribution is 2.10. The van der Waals surface area contributed by atoms with E-state index in [1.165, 1.54) is 7.05 Å². The molecule has 3 N–H and O–H groups in total. The van der Waals surface area contributed by atoms with Crippen LogP contribution in [0.25, 0.3) is 0 Å². The van der Waals surface area contributed by atoms with Crippen molar-refractivity contribution < 1.29 is 23.2 Å². The van der Waals surface area contributed by atoms with E-state index in [9.17, 15) is 18.4 Å². The Morgan fingerprint density at radius 3 is 2.27 bits per heavy atom. The number of carbonyl (C=O) groups excluding carboxylic acids is 3. The highest BCUT2D eigenvalue weighted by molar-refractivity contribution is 6.30. The van der Waals surface area contributed by atoms with E-state index in [0.717, 1.165) is 12.5 Å². The summed E-state index contributed by atoms with van der Waals surface area (Å²) in [5.41, 5.74) is 0.944. The molecule has 0 aromatic heterocycles. The lowest BCUT2D eigenvalue weighted by Gasteiger charge is -2.15. The van der Waals surface area contributed by atoms with Crippen LogP contribution in [-0.4, -0.2) is 38.7 Å². The van der Waals surface area contributed by atoms with Gasteiger partial charge in [0.25, 0.3) is 0 Å². The topological polar surface area (TPSA) is 87.3 Å². The standard InChI is InChI=1S/C14H20ClN3O2.C2H4F2.CH2O/c1-3-11(9-18-14(20)16-2)13(19)17-8-10-5-4-6-12(15)7-10;1-2(3)4;1-2/h4-7,11H,3,8-9H2,1-2H3,(H,17,19)(H2,16,18,20);2H,1H3;1H2. The molecular formula is C17H26ClF2N3O3. The van der Waals surface area contributed by atoms with Crippen LogP contribution in [-0.2, 0) is 16.1 Å². The average molecular weight is 394 g/mol. The Morgan fingerprint density at radius 1 is 1.23 bits per heavy atom. The molecule has 0 saturated carbocycles. The highest BCUT2D eigenvalue weighted by Gasteiger charge is 2.16. The fourth-order valence-corrected chi connectivity index (χ4v) is 1.92. The van der Waals surface area contributed by atoms with Crippen molar-refractivity contribution in [2.45, 2.75) is 33.2 Å². The fourth-order valence-electron chi connectivity index (χ4n) is 1.71. The smallest absolute Gasteiger partial charge is 0.314 e. The third-order valence-corrected chi connectivity index (χ3v) is 3.19. The van der Waals surface area contributed by atoms with E-state index in [1.54, 1.807) is 6.07 Å². The molecule has 6 nitrogen and oxygen atoms in total. The lowest BCUT2D eigenvalue weighted by Crippen LogP contribution is -2.41. The second kappa shape index (κ2) is 16.3. The first-order valence-corrected chi connectivity index (χ1v) is 8.22. The number of rotatable bonds is 6. The molecule has 0 spiro atoms. The third-order valence-electron chi connectivity index (χ3n) is 2.96. The van der Waals surface area contributed by atoms with Crippen LogP contribution in [0.5, 0.6) is 0 Å². The van der Waals surface area contributed by atoms with Gasteiger partial charge >= 0.3 is 6.03 Å². The molecule has 0 heterocycles. The van der Waals surface area contributed by atoms with Gasteiger partial charge in [0.2, 0.25) is 12.3 Å². The SMILES string of the molecule is C=O.CC(F)F.CCC(CNC(=O)NC)C(=O)NCc1cccc(Cl)c1. The minimum atomic E-state index is -2.17. The van der Waals surface area contributed by atoms with Crippen molar-refractivity contribution in [3.63, 3.8) is 0 Å².